The summed E-state index contributed by atoms with van der Waals surface area (Å²) in [4.78, 5) is 2.65. The second-order valence-electron chi connectivity index (χ2n) is 6.46. The summed E-state index contributed by atoms with van der Waals surface area (Å²) in [6, 6.07) is 9.03. The number of likely N-dealkylation sites (N-methyl/N-ethyl adjacent to an activating group) is 1. The number of hydrogen-bond acceptors (Lipinski definition) is 2. The Morgan fingerprint density at radius 1 is 1.19 bits per heavy atom. The van der Waals surface area contributed by atoms with Gasteiger partial charge in [0, 0.05) is 18.6 Å². The first-order chi connectivity index (χ1) is 10.2. The zero-order valence-corrected chi connectivity index (χ0v) is 14.1. The minimum absolute atomic E-state index is 0.182. The van der Waals surface area contributed by atoms with Gasteiger partial charge in [0.15, 0.2) is 0 Å². The van der Waals surface area contributed by atoms with E-state index >= 15 is 0 Å². The van der Waals surface area contributed by atoms with Crippen molar-refractivity contribution < 1.29 is 0 Å². The van der Waals surface area contributed by atoms with Gasteiger partial charge in [-0.05, 0) is 55.7 Å². The highest BCUT2D eigenvalue weighted by Crippen LogP contribution is 2.34. The molecular weight excluding hydrogens is 256 g/mol. The van der Waals surface area contributed by atoms with Gasteiger partial charge in [0.25, 0.3) is 0 Å². The number of aryl methyl sites for hydroxylation is 1. The molecule has 0 saturated heterocycles. The molecule has 118 valence electrons. The predicted octanol–water partition coefficient (Wildman–Crippen LogP) is 3.95. The largest absolute Gasteiger partial charge is 0.329 e. The molecule has 0 fully saturated rings. The number of hydrogen-bond donors (Lipinski definition) is 1. The molecule has 0 heterocycles. The average molecular weight is 288 g/mol. The van der Waals surface area contributed by atoms with Gasteiger partial charge in [-0.2, -0.15) is 0 Å². The standard InChI is InChI=1S/C19H32N2/c1-4-19(5-2,15-20)21(6-3)14-17-12-9-11-16-10-7-8-13-18(16)17/h7-8,10,13,17H,4-6,9,11-12,14-15,20H2,1-3H3. The quantitative estimate of drug-likeness (QED) is 0.823. The molecule has 0 aromatic heterocycles. The summed E-state index contributed by atoms with van der Waals surface area (Å²) in [5, 5.41) is 0. The highest BCUT2D eigenvalue weighted by molar-refractivity contribution is 5.32. The van der Waals surface area contributed by atoms with Crippen molar-refractivity contribution in [2.45, 2.75) is 64.3 Å². The van der Waals surface area contributed by atoms with Crippen molar-refractivity contribution in [3.8, 4) is 0 Å². The van der Waals surface area contributed by atoms with Gasteiger partial charge in [0.2, 0.25) is 0 Å². The summed E-state index contributed by atoms with van der Waals surface area (Å²) in [6.07, 6.45) is 6.18. The molecule has 21 heavy (non-hydrogen) atoms. The van der Waals surface area contributed by atoms with E-state index in [0.717, 1.165) is 32.5 Å². The van der Waals surface area contributed by atoms with Gasteiger partial charge >= 0.3 is 0 Å². The highest BCUT2D eigenvalue weighted by Gasteiger charge is 2.33. The maximum atomic E-state index is 6.16. The molecule has 1 unspecified atom stereocenters. The van der Waals surface area contributed by atoms with Gasteiger partial charge in [0.1, 0.15) is 0 Å². The van der Waals surface area contributed by atoms with Crippen molar-refractivity contribution in [1.82, 2.24) is 4.90 Å². The number of fused-ring (bicyclic) bond motifs is 1. The van der Waals surface area contributed by atoms with Crippen LogP contribution in [0.3, 0.4) is 0 Å². The van der Waals surface area contributed by atoms with Crippen molar-refractivity contribution in [1.29, 1.82) is 0 Å². The highest BCUT2D eigenvalue weighted by atomic mass is 15.2. The number of nitrogens with two attached hydrogens (primary N) is 1. The molecule has 0 amide bonds. The van der Waals surface area contributed by atoms with E-state index in [1.807, 2.05) is 0 Å². The lowest BCUT2D eigenvalue weighted by Gasteiger charge is -2.44. The summed E-state index contributed by atoms with van der Waals surface area (Å²) in [5.74, 6) is 0.680. The molecule has 2 rings (SSSR count). The van der Waals surface area contributed by atoms with Crippen molar-refractivity contribution in [3.05, 3.63) is 35.4 Å². The second kappa shape index (κ2) is 7.42. The second-order valence-corrected chi connectivity index (χ2v) is 6.46. The van der Waals surface area contributed by atoms with E-state index in [-0.39, 0.29) is 5.54 Å². The smallest absolute Gasteiger partial charge is 0.0326 e. The molecule has 1 aromatic rings. The van der Waals surface area contributed by atoms with Crippen LogP contribution in [0.5, 0.6) is 0 Å². The first kappa shape index (κ1) is 16.5. The Hall–Kier alpha value is -0.860. The summed E-state index contributed by atoms with van der Waals surface area (Å²) in [5.41, 5.74) is 9.49. The molecule has 2 N–H and O–H groups in total. The Morgan fingerprint density at radius 2 is 1.90 bits per heavy atom. The van der Waals surface area contributed by atoms with Crippen molar-refractivity contribution >= 4 is 0 Å². The Kier molecular flexibility index (Phi) is 5.83. The number of benzene rings is 1. The molecule has 0 saturated carbocycles. The topological polar surface area (TPSA) is 29.3 Å². The lowest BCUT2D eigenvalue weighted by Crippen LogP contribution is -2.54. The van der Waals surface area contributed by atoms with E-state index in [1.165, 1.54) is 19.3 Å². The fourth-order valence-corrected chi connectivity index (χ4v) is 4.08. The van der Waals surface area contributed by atoms with Crippen LogP contribution in [0.2, 0.25) is 0 Å². The zero-order chi connectivity index (χ0) is 15.3. The lowest BCUT2D eigenvalue weighted by atomic mass is 9.81. The Morgan fingerprint density at radius 3 is 2.52 bits per heavy atom. The van der Waals surface area contributed by atoms with E-state index in [2.05, 4.69) is 49.9 Å². The SMILES string of the molecule is CCN(CC1CCCc2ccccc21)C(CC)(CC)CN. The third-order valence-corrected chi connectivity index (χ3v) is 5.68. The van der Waals surface area contributed by atoms with Gasteiger partial charge in [-0.1, -0.05) is 45.0 Å². The van der Waals surface area contributed by atoms with E-state index < -0.39 is 0 Å². The molecule has 1 aromatic carbocycles. The molecule has 0 spiro atoms. The van der Waals surface area contributed by atoms with Crippen LogP contribution in [0, 0.1) is 0 Å². The number of nitrogens with zero attached hydrogens (tertiary/aromatic N) is 1. The van der Waals surface area contributed by atoms with Gasteiger partial charge in [0.05, 0.1) is 0 Å². The van der Waals surface area contributed by atoms with Gasteiger partial charge in [-0.3, -0.25) is 4.90 Å². The zero-order valence-electron chi connectivity index (χ0n) is 14.1. The van der Waals surface area contributed by atoms with Crippen LogP contribution in [0.4, 0.5) is 0 Å². The summed E-state index contributed by atoms with van der Waals surface area (Å²) >= 11 is 0. The first-order valence-corrected chi connectivity index (χ1v) is 8.73. The Balaban J connectivity index is 2.20. The minimum Gasteiger partial charge on any atom is -0.329 e. The normalized spacial score (nSPS) is 18.8. The molecule has 0 bridgehead atoms. The maximum Gasteiger partial charge on any atom is 0.0326 e. The summed E-state index contributed by atoms with van der Waals surface area (Å²) in [6.45, 7) is 9.87. The third kappa shape index (κ3) is 3.32. The average Bonchev–Trinajstić information content (AvgIpc) is 2.56. The van der Waals surface area contributed by atoms with E-state index in [4.69, 9.17) is 5.73 Å². The minimum atomic E-state index is 0.182. The lowest BCUT2D eigenvalue weighted by molar-refractivity contribution is 0.0812. The van der Waals surface area contributed by atoms with Gasteiger partial charge in [-0.25, -0.2) is 0 Å². The predicted molar refractivity (Wildman–Crippen MR) is 91.7 cm³/mol. The Labute approximate surface area is 130 Å². The van der Waals surface area contributed by atoms with Crippen molar-refractivity contribution in [2.75, 3.05) is 19.6 Å². The van der Waals surface area contributed by atoms with Gasteiger partial charge < -0.3 is 5.73 Å². The summed E-state index contributed by atoms with van der Waals surface area (Å²) < 4.78 is 0. The van der Waals surface area contributed by atoms with Crippen LogP contribution < -0.4 is 5.73 Å². The van der Waals surface area contributed by atoms with Crippen LogP contribution in [-0.4, -0.2) is 30.1 Å². The number of rotatable bonds is 7. The van der Waals surface area contributed by atoms with Crippen LogP contribution in [-0.2, 0) is 6.42 Å². The van der Waals surface area contributed by atoms with Crippen LogP contribution in [0.25, 0.3) is 0 Å². The first-order valence-electron chi connectivity index (χ1n) is 8.73. The van der Waals surface area contributed by atoms with E-state index in [9.17, 15) is 0 Å². The maximum absolute atomic E-state index is 6.16. The molecule has 0 radical (unpaired) electrons. The Bertz CT molecular complexity index is 429. The molecule has 2 heteroatoms. The summed E-state index contributed by atoms with van der Waals surface area (Å²) in [7, 11) is 0. The van der Waals surface area contributed by atoms with Crippen molar-refractivity contribution in [2.24, 2.45) is 5.73 Å². The monoisotopic (exact) mass is 288 g/mol. The van der Waals surface area contributed by atoms with Gasteiger partial charge in [-0.15, -0.1) is 0 Å². The third-order valence-electron chi connectivity index (χ3n) is 5.68. The molecule has 1 atom stereocenters. The molecule has 0 aliphatic heterocycles. The fraction of sp³-hybridized carbons (Fsp3) is 0.684. The van der Waals surface area contributed by atoms with E-state index in [1.54, 1.807) is 11.1 Å². The molecule has 1 aliphatic carbocycles. The van der Waals surface area contributed by atoms with Crippen LogP contribution in [0.15, 0.2) is 24.3 Å². The fourth-order valence-electron chi connectivity index (χ4n) is 4.08. The molecule has 1 aliphatic rings. The van der Waals surface area contributed by atoms with E-state index in [0.29, 0.717) is 5.92 Å². The van der Waals surface area contributed by atoms with Crippen LogP contribution >= 0.6 is 0 Å². The molecule has 2 nitrogen and oxygen atoms in total. The van der Waals surface area contributed by atoms with Crippen LogP contribution in [0.1, 0.15) is 63.5 Å². The van der Waals surface area contributed by atoms with Crippen molar-refractivity contribution in [3.63, 3.8) is 0 Å². The molecular formula is C19H32N2.